The van der Waals surface area contributed by atoms with Crippen LogP contribution in [0.3, 0.4) is 0 Å². The maximum absolute atomic E-state index is 13.6. The summed E-state index contributed by atoms with van der Waals surface area (Å²) in [7, 11) is 1.56. The van der Waals surface area contributed by atoms with Crippen molar-refractivity contribution in [1.82, 2.24) is 0 Å². The van der Waals surface area contributed by atoms with Gasteiger partial charge in [-0.05, 0) is 66.2 Å². The average molecular weight is 388 g/mol. The first kappa shape index (κ1) is 18.4. The van der Waals surface area contributed by atoms with Crippen LogP contribution >= 0.6 is 0 Å². The standard InChI is InChI=1S/C23H17FN2O3/c1-29-18-8-5-15(6-9-18)22(27)25-17-4-2-3-14(11-17)12-20-19-13-16(24)7-10-21(19)26-23(20)28/h2-13H,1H3,(H,25,27)(H,26,28)/b20-12-. The van der Waals surface area contributed by atoms with Crippen LogP contribution in [-0.2, 0) is 4.79 Å². The van der Waals surface area contributed by atoms with Gasteiger partial charge in [0, 0.05) is 28.1 Å². The molecule has 4 rings (SSSR count). The molecule has 144 valence electrons. The summed E-state index contributed by atoms with van der Waals surface area (Å²) >= 11 is 0. The fourth-order valence-electron chi connectivity index (χ4n) is 3.12. The van der Waals surface area contributed by atoms with E-state index in [2.05, 4.69) is 10.6 Å². The lowest BCUT2D eigenvalue weighted by Gasteiger charge is -2.07. The third-order valence-electron chi connectivity index (χ3n) is 4.57. The molecule has 2 N–H and O–H groups in total. The van der Waals surface area contributed by atoms with E-state index in [1.807, 2.05) is 0 Å². The van der Waals surface area contributed by atoms with Gasteiger partial charge in [-0.1, -0.05) is 12.1 Å². The van der Waals surface area contributed by atoms with Crippen LogP contribution in [0.15, 0.2) is 66.7 Å². The second-order valence-electron chi connectivity index (χ2n) is 6.51. The molecule has 0 aliphatic carbocycles. The van der Waals surface area contributed by atoms with Crippen molar-refractivity contribution in [2.45, 2.75) is 0 Å². The van der Waals surface area contributed by atoms with Crippen LogP contribution in [-0.4, -0.2) is 18.9 Å². The van der Waals surface area contributed by atoms with Crippen LogP contribution in [0, 0.1) is 5.82 Å². The number of methoxy groups -OCH3 is 1. The topological polar surface area (TPSA) is 67.4 Å². The minimum Gasteiger partial charge on any atom is -0.497 e. The highest BCUT2D eigenvalue weighted by atomic mass is 19.1. The molecule has 29 heavy (non-hydrogen) atoms. The number of hydrogen-bond acceptors (Lipinski definition) is 3. The number of carbonyl (C=O) groups is 2. The first-order valence-electron chi connectivity index (χ1n) is 8.92. The Kier molecular flexibility index (Phi) is 4.83. The first-order chi connectivity index (χ1) is 14.0. The van der Waals surface area contributed by atoms with Crippen molar-refractivity contribution in [2.24, 2.45) is 0 Å². The van der Waals surface area contributed by atoms with E-state index in [0.717, 1.165) is 0 Å². The average Bonchev–Trinajstić information content (AvgIpc) is 3.03. The second-order valence-corrected chi connectivity index (χ2v) is 6.51. The Bertz CT molecular complexity index is 1140. The van der Waals surface area contributed by atoms with Crippen LogP contribution < -0.4 is 15.4 Å². The van der Waals surface area contributed by atoms with Gasteiger partial charge in [0.1, 0.15) is 11.6 Å². The van der Waals surface area contributed by atoms with E-state index < -0.39 is 5.82 Å². The highest BCUT2D eigenvalue weighted by Crippen LogP contribution is 2.33. The van der Waals surface area contributed by atoms with E-state index in [-0.39, 0.29) is 11.8 Å². The number of anilines is 2. The van der Waals surface area contributed by atoms with Gasteiger partial charge in [0.2, 0.25) is 0 Å². The van der Waals surface area contributed by atoms with E-state index in [4.69, 9.17) is 4.74 Å². The van der Waals surface area contributed by atoms with Gasteiger partial charge in [0.05, 0.1) is 7.11 Å². The molecule has 0 spiro atoms. The number of nitrogens with one attached hydrogen (secondary N) is 2. The molecule has 0 atom stereocenters. The summed E-state index contributed by atoms with van der Waals surface area (Å²) in [6, 6.07) is 18.0. The van der Waals surface area contributed by atoms with Crippen molar-refractivity contribution in [2.75, 3.05) is 17.7 Å². The van der Waals surface area contributed by atoms with Crippen molar-refractivity contribution < 1.29 is 18.7 Å². The Balaban J connectivity index is 1.58. The molecule has 0 fully saturated rings. The maximum atomic E-state index is 13.6. The fourth-order valence-corrected chi connectivity index (χ4v) is 3.12. The molecule has 2 amide bonds. The van der Waals surface area contributed by atoms with Gasteiger partial charge in [0.15, 0.2) is 0 Å². The molecule has 3 aromatic rings. The second kappa shape index (κ2) is 7.59. The zero-order chi connectivity index (χ0) is 20.4. The zero-order valence-corrected chi connectivity index (χ0v) is 15.5. The van der Waals surface area contributed by atoms with E-state index in [1.54, 1.807) is 61.7 Å². The predicted octanol–water partition coefficient (Wildman–Crippen LogP) is 4.58. The number of hydrogen-bond donors (Lipinski definition) is 2. The molecule has 0 unspecified atom stereocenters. The summed E-state index contributed by atoms with van der Waals surface area (Å²) in [5.74, 6) is -0.296. The first-order valence-corrected chi connectivity index (χ1v) is 8.92. The molecular formula is C23H17FN2O3. The van der Waals surface area contributed by atoms with Crippen molar-refractivity contribution >= 4 is 34.8 Å². The summed E-state index contributed by atoms with van der Waals surface area (Å²) in [5, 5.41) is 5.55. The van der Waals surface area contributed by atoms with Gasteiger partial charge in [-0.2, -0.15) is 0 Å². The van der Waals surface area contributed by atoms with Crippen molar-refractivity contribution in [3.05, 3.63) is 89.2 Å². The summed E-state index contributed by atoms with van der Waals surface area (Å²) in [4.78, 5) is 24.7. The largest absolute Gasteiger partial charge is 0.497 e. The Labute approximate surface area is 166 Å². The molecule has 1 aliphatic rings. The lowest BCUT2D eigenvalue weighted by atomic mass is 10.0. The number of halogens is 1. The van der Waals surface area contributed by atoms with Crippen molar-refractivity contribution in [3.63, 3.8) is 0 Å². The van der Waals surface area contributed by atoms with Crippen LogP contribution in [0.2, 0.25) is 0 Å². The maximum Gasteiger partial charge on any atom is 0.256 e. The normalized spacial score (nSPS) is 13.7. The SMILES string of the molecule is COc1ccc(C(=O)Nc2cccc(/C=C3\C(=O)Nc4ccc(F)cc43)c2)cc1. The van der Waals surface area contributed by atoms with Gasteiger partial charge >= 0.3 is 0 Å². The fraction of sp³-hybridized carbons (Fsp3) is 0.0435. The molecule has 1 aliphatic heterocycles. The summed E-state index contributed by atoms with van der Waals surface area (Å²) in [5.41, 5.74) is 3.25. The van der Waals surface area contributed by atoms with E-state index in [9.17, 15) is 14.0 Å². The monoisotopic (exact) mass is 388 g/mol. The lowest BCUT2D eigenvalue weighted by molar-refractivity contribution is -0.110. The number of carbonyl (C=O) groups excluding carboxylic acids is 2. The quantitative estimate of drug-likeness (QED) is 0.643. The van der Waals surface area contributed by atoms with Crippen LogP contribution in [0.4, 0.5) is 15.8 Å². The third kappa shape index (κ3) is 3.87. The van der Waals surface area contributed by atoms with Crippen LogP contribution in [0.1, 0.15) is 21.5 Å². The van der Waals surface area contributed by atoms with E-state index in [1.165, 1.54) is 18.2 Å². The highest BCUT2D eigenvalue weighted by Gasteiger charge is 2.24. The van der Waals surface area contributed by atoms with Gasteiger partial charge in [-0.15, -0.1) is 0 Å². The Morgan fingerprint density at radius 2 is 1.86 bits per heavy atom. The number of rotatable bonds is 4. The van der Waals surface area contributed by atoms with E-state index >= 15 is 0 Å². The van der Waals surface area contributed by atoms with Crippen LogP contribution in [0.5, 0.6) is 5.75 Å². The molecule has 0 saturated carbocycles. The smallest absolute Gasteiger partial charge is 0.256 e. The molecular weight excluding hydrogens is 371 g/mol. The van der Waals surface area contributed by atoms with E-state index in [0.29, 0.717) is 39.4 Å². The molecule has 0 bridgehead atoms. The molecule has 5 nitrogen and oxygen atoms in total. The van der Waals surface area contributed by atoms with Crippen molar-refractivity contribution in [1.29, 1.82) is 0 Å². The lowest BCUT2D eigenvalue weighted by Crippen LogP contribution is -2.11. The molecule has 1 heterocycles. The number of benzene rings is 3. The highest BCUT2D eigenvalue weighted by molar-refractivity contribution is 6.34. The van der Waals surface area contributed by atoms with Gasteiger partial charge < -0.3 is 15.4 Å². The van der Waals surface area contributed by atoms with Gasteiger partial charge in [-0.3, -0.25) is 9.59 Å². The zero-order valence-electron chi connectivity index (χ0n) is 15.5. The Morgan fingerprint density at radius 3 is 2.62 bits per heavy atom. The number of fused-ring (bicyclic) bond motifs is 1. The predicted molar refractivity (Wildman–Crippen MR) is 110 cm³/mol. The molecule has 0 radical (unpaired) electrons. The minimum atomic E-state index is -0.411. The molecule has 3 aromatic carbocycles. The molecule has 6 heteroatoms. The summed E-state index contributed by atoms with van der Waals surface area (Å²) in [6.45, 7) is 0. The van der Waals surface area contributed by atoms with Crippen molar-refractivity contribution in [3.8, 4) is 5.75 Å². The minimum absolute atomic E-state index is 0.261. The number of ether oxygens (including phenoxy) is 1. The molecule has 0 aromatic heterocycles. The van der Waals surface area contributed by atoms with Crippen LogP contribution in [0.25, 0.3) is 11.6 Å². The Morgan fingerprint density at radius 1 is 1.07 bits per heavy atom. The van der Waals surface area contributed by atoms with Gasteiger partial charge in [-0.25, -0.2) is 4.39 Å². The Hall–Kier alpha value is -3.93. The summed E-state index contributed by atoms with van der Waals surface area (Å²) < 4.78 is 18.7. The van der Waals surface area contributed by atoms with Gasteiger partial charge in [0.25, 0.3) is 11.8 Å². The number of amides is 2. The molecule has 0 saturated heterocycles. The summed E-state index contributed by atoms with van der Waals surface area (Å²) in [6.07, 6.45) is 1.67. The third-order valence-corrected chi connectivity index (χ3v) is 4.57.